The normalized spacial score (nSPS) is 13.6. The first kappa shape index (κ1) is 33.0. The van der Waals surface area contributed by atoms with Gasteiger partial charge in [-0.05, 0) is 87.6 Å². The largest absolute Gasteiger partial charge is 0.454 e. The molecule has 11 rings (SSSR count). The average Bonchev–Trinajstić information content (AvgIpc) is 3.83. The van der Waals surface area contributed by atoms with Gasteiger partial charge in [-0.3, -0.25) is 0 Å². The van der Waals surface area contributed by atoms with Gasteiger partial charge in [0.2, 0.25) is 0 Å². The Hall–Kier alpha value is -6.36. The maximum atomic E-state index is 7.02. The Kier molecular flexibility index (Phi) is 6.97. The van der Waals surface area contributed by atoms with Crippen LogP contribution < -0.4 is 10.1 Å². The van der Waals surface area contributed by atoms with Gasteiger partial charge in [0.1, 0.15) is 5.58 Å². The molecule has 270 valence electrons. The standard InChI is InChI=1S/C52H42N2OSi/c1-52(2)43-19-11-8-17-41(43)49-44(52)32-47(51-50(49)42-18-10-13-21-48(42)55-51)53(35-24-27-38(28-25-35)56(3,4)5)37-26-29-40-39-16-9-12-20-45(39)54(46(40)31-37)36-23-22-33-14-6-7-15-34(33)30-36/h6-32H,1-5H3. The van der Waals surface area contributed by atoms with Crippen molar-refractivity contribution in [3.8, 4) is 16.8 Å². The van der Waals surface area contributed by atoms with Crippen LogP contribution in [0, 0.1) is 0 Å². The highest BCUT2D eigenvalue weighted by Crippen LogP contribution is 2.56. The first-order chi connectivity index (χ1) is 27.2. The third kappa shape index (κ3) is 4.75. The van der Waals surface area contributed by atoms with Crippen molar-refractivity contribution in [2.24, 2.45) is 0 Å². The molecule has 4 heteroatoms. The Labute approximate surface area is 328 Å². The van der Waals surface area contributed by atoms with E-state index in [4.69, 9.17) is 4.42 Å². The van der Waals surface area contributed by atoms with Gasteiger partial charge >= 0.3 is 0 Å². The quantitative estimate of drug-likeness (QED) is 0.164. The Morgan fingerprint density at radius 1 is 0.554 bits per heavy atom. The molecule has 10 aromatic rings. The van der Waals surface area contributed by atoms with E-state index in [9.17, 15) is 0 Å². The van der Waals surface area contributed by atoms with E-state index in [0.29, 0.717) is 0 Å². The van der Waals surface area contributed by atoms with Crippen molar-refractivity contribution < 1.29 is 4.42 Å². The Morgan fingerprint density at radius 2 is 1.23 bits per heavy atom. The molecule has 0 spiro atoms. The molecule has 2 heterocycles. The molecule has 0 saturated heterocycles. The zero-order valence-corrected chi connectivity index (χ0v) is 33.4. The second-order valence-electron chi connectivity index (χ2n) is 17.0. The predicted octanol–water partition coefficient (Wildman–Crippen LogP) is 14.2. The molecule has 1 aliphatic rings. The molecule has 0 aliphatic heterocycles. The molecular weight excluding hydrogens is 697 g/mol. The van der Waals surface area contributed by atoms with Crippen LogP contribution in [0.25, 0.3) is 71.3 Å². The molecule has 8 aromatic carbocycles. The number of rotatable bonds is 5. The molecule has 3 nitrogen and oxygen atoms in total. The van der Waals surface area contributed by atoms with Crippen LogP contribution in [-0.2, 0) is 5.41 Å². The average molecular weight is 739 g/mol. The summed E-state index contributed by atoms with van der Waals surface area (Å²) < 4.78 is 9.46. The maximum Gasteiger partial charge on any atom is 0.160 e. The van der Waals surface area contributed by atoms with Crippen molar-refractivity contribution in [3.63, 3.8) is 0 Å². The van der Waals surface area contributed by atoms with Gasteiger partial charge in [-0.1, -0.05) is 148 Å². The molecule has 0 saturated carbocycles. The van der Waals surface area contributed by atoms with Crippen LogP contribution in [0.15, 0.2) is 168 Å². The highest BCUT2D eigenvalue weighted by molar-refractivity contribution is 6.88. The highest BCUT2D eigenvalue weighted by atomic mass is 28.3. The number of para-hydroxylation sites is 2. The van der Waals surface area contributed by atoms with E-state index in [1.54, 1.807) is 0 Å². The smallest absolute Gasteiger partial charge is 0.160 e. The van der Waals surface area contributed by atoms with E-state index in [1.165, 1.54) is 59.9 Å². The van der Waals surface area contributed by atoms with Crippen LogP contribution in [0.1, 0.15) is 25.0 Å². The highest BCUT2D eigenvalue weighted by Gasteiger charge is 2.39. The molecule has 0 N–H and O–H groups in total. The molecule has 0 bridgehead atoms. The van der Waals surface area contributed by atoms with Crippen molar-refractivity contribution in [2.75, 3.05) is 4.90 Å². The zero-order valence-electron chi connectivity index (χ0n) is 32.4. The summed E-state index contributed by atoms with van der Waals surface area (Å²) in [6.07, 6.45) is 0. The minimum absolute atomic E-state index is 0.201. The third-order valence-corrected chi connectivity index (χ3v) is 14.4. The van der Waals surface area contributed by atoms with Crippen molar-refractivity contribution in [3.05, 3.63) is 175 Å². The van der Waals surface area contributed by atoms with Gasteiger partial charge in [0, 0.05) is 44.0 Å². The van der Waals surface area contributed by atoms with Crippen LogP contribution >= 0.6 is 0 Å². The third-order valence-electron chi connectivity index (χ3n) is 12.3. The fourth-order valence-corrected chi connectivity index (χ4v) is 10.6. The first-order valence-electron chi connectivity index (χ1n) is 19.7. The Bertz CT molecular complexity index is 3210. The fraction of sp³-hybridized carbons (Fsp3) is 0.115. The van der Waals surface area contributed by atoms with Crippen molar-refractivity contribution in [1.29, 1.82) is 0 Å². The van der Waals surface area contributed by atoms with Crippen molar-refractivity contribution >= 4 is 84.8 Å². The lowest BCUT2D eigenvalue weighted by Gasteiger charge is -2.29. The van der Waals surface area contributed by atoms with Gasteiger partial charge in [0.15, 0.2) is 5.58 Å². The van der Waals surface area contributed by atoms with Gasteiger partial charge in [-0.2, -0.15) is 0 Å². The lowest BCUT2D eigenvalue weighted by Crippen LogP contribution is -2.37. The van der Waals surface area contributed by atoms with Gasteiger partial charge in [-0.25, -0.2) is 0 Å². The molecule has 2 aromatic heterocycles. The second-order valence-corrected chi connectivity index (χ2v) is 22.1. The monoisotopic (exact) mass is 738 g/mol. The summed E-state index contributed by atoms with van der Waals surface area (Å²) in [6.45, 7) is 12.0. The van der Waals surface area contributed by atoms with Gasteiger partial charge in [0.25, 0.3) is 0 Å². The van der Waals surface area contributed by atoms with Crippen molar-refractivity contribution in [1.82, 2.24) is 4.57 Å². The Morgan fingerprint density at radius 3 is 2.05 bits per heavy atom. The molecule has 56 heavy (non-hydrogen) atoms. The molecule has 1 aliphatic carbocycles. The van der Waals surface area contributed by atoms with Gasteiger partial charge in [0.05, 0.1) is 24.8 Å². The van der Waals surface area contributed by atoms with Crippen molar-refractivity contribution in [2.45, 2.75) is 38.9 Å². The van der Waals surface area contributed by atoms with E-state index >= 15 is 0 Å². The second kappa shape index (κ2) is 11.8. The van der Waals surface area contributed by atoms with Crippen LogP contribution in [0.2, 0.25) is 19.6 Å². The molecular formula is C52H42N2OSi. The van der Waals surface area contributed by atoms with Crippen LogP contribution in [-0.4, -0.2) is 12.6 Å². The minimum atomic E-state index is -1.55. The molecule has 0 amide bonds. The minimum Gasteiger partial charge on any atom is -0.454 e. The molecule has 0 fully saturated rings. The number of fused-ring (bicyclic) bond motifs is 11. The summed E-state index contributed by atoms with van der Waals surface area (Å²) in [5.41, 5.74) is 13.6. The molecule has 0 radical (unpaired) electrons. The maximum absolute atomic E-state index is 7.02. The number of anilines is 3. The van der Waals surface area contributed by atoms with E-state index in [0.717, 1.165) is 44.8 Å². The van der Waals surface area contributed by atoms with Crippen LogP contribution in [0.5, 0.6) is 0 Å². The Balaban J connectivity index is 1.23. The van der Waals surface area contributed by atoms with Crippen LogP contribution in [0.3, 0.4) is 0 Å². The summed E-state index contributed by atoms with van der Waals surface area (Å²) in [6, 6.07) is 60.5. The molecule has 0 atom stereocenters. The topological polar surface area (TPSA) is 21.3 Å². The van der Waals surface area contributed by atoms with E-state index in [1.807, 2.05) is 0 Å². The number of nitrogens with zero attached hydrogens (tertiary/aromatic N) is 2. The number of hydrogen-bond acceptors (Lipinski definition) is 2. The lowest BCUT2D eigenvalue weighted by atomic mass is 9.82. The SMILES string of the molecule is CC1(C)c2ccccc2-c2c1cc(N(c1ccc([Si](C)(C)C)cc1)c1ccc3c4ccccc4n(-c4ccc5ccccc5c4)c3c1)c1oc3ccccc3c21. The summed E-state index contributed by atoms with van der Waals surface area (Å²) in [5.74, 6) is 0. The summed E-state index contributed by atoms with van der Waals surface area (Å²) in [7, 11) is -1.55. The van der Waals surface area contributed by atoms with E-state index in [-0.39, 0.29) is 5.41 Å². The van der Waals surface area contributed by atoms with Gasteiger partial charge in [-0.15, -0.1) is 0 Å². The molecule has 0 unspecified atom stereocenters. The summed E-state index contributed by atoms with van der Waals surface area (Å²) in [5, 5.41) is 8.70. The predicted molar refractivity (Wildman–Crippen MR) is 241 cm³/mol. The fourth-order valence-electron chi connectivity index (χ4n) is 9.44. The first-order valence-corrected chi connectivity index (χ1v) is 23.2. The zero-order chi connectivity index (χ0) is 37.9. The number of aromatic nitrogens is 1. The van der Waals surface area contributed by atoms with E-state index in [2.05, 4.69) is 207 Å². The summed E-state index contributed by atoms with van der Waals surface area (Å²) >= 11 is 0. The number of hydrogen-bond donors (Lipinski definition) is 0. The lowest BCUT2D eigenvalue weighted by molar-refractivity contribution is 0.657. The van der Waals surface area contributed by atoms with Gasteiger partial charge < -0.3 is 13.9 Å². The number of benzene rings is 8. The number of furan rings is 1. The van der Waals surface area contributed by atoms with E-state index < -0.39 is 8.07 Å². The summed E-state index contributed by atoms with van der Waals surface area (Å²) in [4.78, 5) is 2.44. The van der Waals surface area contributed by atoms with Crippen LogP contribution in [0.4, 0.5) is 17.1 Å².